The summed E-state index contributed by atoms with van der Waals surface area (Å²) in [6.45, 7) is 8.51. The molecule has 0 unspecified atom stereocenters. The number of carbonyl (C=O) groups is 1. The third kappa shape index (κ3) is 3.34. The minimum absolute atomic E-state index is 0.0162. The number of carbonyl (C=O) groups excluding carboxylic acids is 1. The molecule has 4 rings (SSSR count). The van der Waals surface area contributed by atoms with E-state index in [0.717, 1.165) is 43.9 Å². The van der Waals surface area contributed by atoms with Crippen LogP contribution in [0.15, 0.2) is 42.5 Å². The number of nitrogens with one attached hydrogen (secondary N) is 1. The lowest BCUT2D eigenvalue weighted by Crippen LogP contribution is -2.45. The predicted molar refractivity (Wildman–Crippen MR) is 108 cm³/mol. The summed E-state index contributed by atoms with van der Waals surface area (Å²) in [5.41, 5.74) is 5.97. The standard InChI is InChI=1S/C23H28N2O2/c1-16-12-17(2)14-19(13-16)18(3)24-22(26)25-15-23(8-10-27-11-9-23)20-6-4-5-7-21(20)25/h4-7,12-14,18H,8-11,15H2,1-3H3,(H,24,26)/t18-/m1/s1. The van der Waals surface area contributed by atoms with E-state index in [1.54, 1.807) is 0 Å². The summed E-state index contributed by atoms with van der Waals surface area (Å²) in [6.07, 6.45) is 1.95. The molecule has 27 heavy (non-hydrogen) atoms. The van der Waals surface area contributed by atoms with Gasteiger partial charge in [-0.15, -0.1) is 0 Å². The van der Waals surface area contributed by atoms with Crippen molar-refractivity contribution in [2.75, 3.05) is 24.7 Å². The van der Waals surface area contributed by atoms with E-state index in [4.69, 9.17) is 4.74 Å². The molecular formula is C23H28N2O2. The van der Waals surface area contributed by atoms with Crippen LogP contribution >= 0.6 is 0 Å². The number of fused-ring (bicyclic) bond motifs is 2. The van der Waals surface area contributed by atoms with Crippen LogP contribution in [0, 0.1) is 13.8 Å². The van der Waals surface area contributed by atoms with Crippen LogP contribution in [0.25, 0.3) is 0 Å². The summed E-state index contributed by atoms with van der Waals surface area (Å²) in [5.74, 6) is 0. The Hall–Kier alpha value is -2.33. The highest BCUT2D eigenvalue weighted by Crippen LogP contribution is 2.46. The Morgan fingerprint density at radius 1 is 1.11 bits per heavy atom. The van der Waals surface area contributed by atoms with Gasteiger partial charge < -0.3 is 10.1 Å². The first-order chi connectivity index (χ1) is 13.0. The smallest absolute Gasteiger partial charge is 0.322 e. The Kier molecular flexibility index (Phi) is 4.68. The Labute approximate surface area is 161 Å². The van der Waals surface area contributed by atoms with Gasteiger partial charge in [-0.2, -0.15) is 0 Å². The quantitative estimate of drug-likeness (QED) is 0.843. The average molecular weight is 364 g/mol. The lowest BCUT2D eigenvalue weighted by molar-refractivity contribution is 0.0556. The van der Waals surface area contributed by atoms with E-state index in [1.807, 2.05) is 11.0 Å². The van der Waals surface area contributed by atoms with Gasteiger partial charge in [0.25, 0.3) is 0 Å². The topological polar surface area (TPSA) is 41.6 Å². The summed E-state index contributed by atoms with van der Waals surface area (Å²) in [6, 6.07) is 14.8. The predicted octanol–water partition coefficient (Wildman–Crippen LogP) is 4.64. The Morgan fingerprint density at radius 3 is 2.48 bits per heavy atom. The number of aryl methyl sites for hydroxylation is 2. The minimum atomic E-state index is -0.0329. The molecule has 2 aliphatic rings. The first kappa shape index (κ1) is 18.1. The summed E-state index contributed by atoms with van der Waals surface area (Å²) < 4.78 is 5.59. The second kappa shape index (κ2) is 7.01. The largest absolute Gasteiger partial charge is 0.381 e. The van der Waals surface area contributed by atoms with Gasteiger partial charge in [0.1, 0.15) is 0 Å². The van der Waals surface area contributed by atoms with Crippen LogP contribution in [0.4, 0.5) is 10.5 Å². The molecular weight excluding hydrogens is 336 g/mol. The molecule has 2 aromatic rings. The van der Waals surface area contributed by atoms with E-state index in [9.17, 15) is 4.79 Å². The van der Waals surface area contributed by atoms with Gasteiger partial charge in [0, 0.05) is 30.9 Å². The van der Waals surface area contributed by atoms with Crippen LogP contribution in [0.1, 0.15) is 48.1 Å². The van der Waals surface area contributed by atoms with Gasteiger partial charge >= 0.3 is 6.03 Å². The normalized spacial score (nSPS) is 19.0. The zero-order valence-electron chi connectivity index (χ0n) is 16.4. The van der Waals surface area contributed by atoms with Crippen molar-refractivity contribution in [2.45, 2.75) is 45.1 Å². The molecule has 4 nitrogen and oxygen atoms in total. The zero-order valence-corrected chi connectivity index (χ0v) is 16.4. The van der Waals surface area contributed by atoms with Crippen molar-refractivity contribution in [3.63, 3.8) is 0 Å². The number of urea groups is 1. The molecule has 0 saturated carbocycles. The molecule has 0 aromatic heterocycles. The van der Waals surface area contributed by atoms with E-state index in [2.05, 4.69) is 62.5 Å². The molecule has 1 spiro atoms. The molecule has 0 aliphatic carbocycles. The second-order valence-corrected chi connectivity index (χ2v) is 8.09. The number of amides is 2. The van der Waals surface area contributed by atoms with E-state index >= 15 is 0 Å². The molecule has 142 valence electrons. The van der Waals surface area contributed by atoms with Crippen molar-refractivity contribution in [1.82, 2.24) is 5.32 Å². The van der Waals surface area contributed by atoms with E-state index in [-0.39, 0.29) is 17.5 Å². The molecule has 4 heteroatoms. The molecule has 2 aromatic carbocycles. The first-order valence-corrected chi connectivity index (χ1v) is 9.82. The van der Waals surface area contributed by atoms with Crippen molar-refractivity contribution in [3.8, 4) is 0 Å². The molecule has 2 amide bonds. The number of para-hydroxylation sites is 1. The van der Waals surface area contributed by atoms with Gasteiger partial charge in [0.2, 0.25) is 0 Å². The van der Waals surface area contributed by atoms with Gasteiger partial charge in [-0.1, -0.05) is 47.5 Å². The monoisotopic (exact) mass is 364 g/mol. The van der Waals surface area contributed by atoms with Crippen molar-refractivity contribution < 1.29 is 9.53 Å². The van der Waals surface area contributed by atoms with E-state index in [0.29, 0.717) is 0 Å². The highest BCUT2D eigenvalue weighted by molar-refractivity contribution is 5.95. The molecule has 0 bridgehead atoms. The van der Waals surface area contributed by atoms with Crippen LogP contribution in [-0.4, -0.2) is 25.8 Å². The van der Waals surface area contributed by atoms with Crippen LogP contribution in [-0.2, 0) is 10.2 Å². The summed E-state index contributed by atoms with van der Waals surface area (Å²) >= 11 is 0. The van der Waals surface area contributed by atoms with Gasteiger partial charge in [-0.3, -0.25) is 4.90 Å². The fourth-order valence-corrected chi connectivity index (χ4v) is 4.61. The summed E-state index contributed by atoms with van der Waals surface area (Å²) in [5, 5.41) is 3.21. The van der Waals surface area contributed by atoms with Crippen molar-refractivity contribution in [1.29, 1.82) is 0 Å². The van der Waals surface area contributed by atoms with Crippen molar-refractivity contribution in [3.05, 3.63) is 64.7 Å². The third-order valence-electron chi connectivity index (χ3n) is 6.01. The van der Waals surface area contributed by atoms with E-state index in [1.165, 1.54) is 16.7 Å². The number of benzene rings is 2. The molecule has 2 heterocycles. The van der Waals surface area contributed by atoms with E-state index < -0.39 is 0 Å². The maximum Gasteiger partial charge on any atom is 0.322 e. The number of ether oxygens (including phenoxy) is 1. The SMILES string of the molecule is Cc1cc(C)cc([C@@H](C)NC(=O)N2CC3(CCOCC3)c3ccccc32)c1. The molecule has 1 fully saturated rings. The molecule has 0 radical (unpaired) electrons. The zero-order chi connectivity index (χ0) is 19.0. The van der Waals surface area contributed by atoms with Crippen molar-refractivity contribution >= 4 is 11.7 Å². The molecule has 1 saturated heterocycles. The highest BCUT2D eigenvalue weighted by Gasteiger charge is 2.45. The maximum atomic E-state index is 13.2. The van der Waals surface area contributed by atoms with Crippen LogP contribution in [0.3, 0.4) is 0 Å². The fourth-order valence-electron chi connectivity index (χ4n) is 4.61. The average Bonchev–Trinajstić information content (AvgIpc) is 2.96. The van der Waals surface area contributed by atoms with Gasteiger partial charge in [-0.05, 0) is 50.8 Å². The molecule has 2 aliphatic heterocycles. The maximum absolute atomic E-state index is 13.2. The number of hydrogen-bond acceptors (Lipinski definition) is 2. The third-order valence-corrected chi connectivity index (χ3v) is 6.01. The Balaban J connectivity index is 1.57. The number of rotatable bonds is 2. The number of nitrogens with zero attached hydrogens (tertiary/aromatic N) is 1. The second-order valence-electron chi connectivity index (χ2n) is 8.09. The van der Waals surface area contributed by atoms with Gasteiger partial charge in [0.15, 0.2) is 0 Å². The lowest BCUT2D eigenvalue weighted by atomic mass is 9.76. The Bertz CT molecular complexity index is 835. The van der Waals surface area contributed by atoms with Crippen molar-refractivity contribution in [2.24, 2.45) is 0 Å². The lowest BCUT2D eigenvalue weighted by Gasteiger charge is -2.34. The number of hydrogen-bond donors (Lipinski definition) is 1. The molecule has 1 N–H and O–H groups in total. The van der Waals surface area contributed by atoms with Crippen LogP contribution in [0.2, 0.25) is 0 Å². The van der Waals surface area contributed by atoms with Crippen LogP contribution in [0.5, 0.6) is 0 Å². The fraction of sp³-hybridized carbons (Fsp3) is 0.435. The summed E-state index contributed by atoms with van der Waals surface area (Å²) in [4.78, 5) is 15.1. The minimum Gasteiger partial charge on any atom is -0.381 e. The summed E-state index contributed by atoms with van der Waals surface area (Å²) in [7, 11) is 0. The van der Waals surface area contributed by atoms with Crippen LogP contribution < -0.4 is 10.2 Å². The Morgan fingerprint density at radius 2 is 1.78 bits per heavy atom. The molecule has 1 atom stereocenters. The van der Waals surface area contributed by atoms with Gasteiger partial charge in [0.05, 0.1) is 6.04 Å². The first-order valence-electron chi connectivity index (χ1n) is 9.82. The highest BCUT2D eigenvalue weighted by atomic mass is 16.5. The van der Waals surface area contributed by atoms with Gasteiger partial charge in [-0.25, -0.2) is 4.79 Å². The number of anilines is 1.